The molecule has 8 nitrogen and oxygen atoms in total. The number of carbonyl (C=O) groups excluding carboxylic acids is 2. The van der Waals surface area contributed by atoms with Crippen LogP contribution in [0.25, 0.3) is 22.5 Å². The van der Waals surface area contributed by atoms with E-state index in [1.165, 1.54) is 0 Å². The summed E-state index contributed by atoms with van der Waals surface area (Å²) in [4.78, 5) is 27.0. The van der Waals surface area contributed by atoms with Crippen molar-refractivity contribution >= 4 is 35.0 Å². The molecule has 1 aliphatic carbocycles. The number of carbonyl (C=O) groups is 2. The lowest BCUT2D eigenvalue weighted by Crippen LogP contribution is -2.53. The average molecular weight is 553 g/mol. The standard InChI is InChI=1S/C28H26Cl2N4O4/c1-15-23(25(33-37-15)17-9-3-5-11-19(17)29)27(35)31-21-13-7-8-14-22(21)32-28(36)24-16(2)38-34-26(24)18-10-4-6-12-20(18)30/h3-6,9-12,21-22H,7-8,13-14H2,1-2H3,(H,31,35)(H,32,36)/t21-,22+. The number of rotatable bonds is 6. The van der Waals surface area contributed by atoms with Gasteiger partial charge >= 0.3 is 0 Å². The Labute approximate surface area is 229 Å². The number of hydrogen-bond acceptors (Lipinski definition) is 6. The van der Waals surface area contributed by atoms with Gasteiger partial charge in [-0.2, -0.15) is 0 Å². The Hall–Kier alpha value is -3.62. The summed E-state index contributed by atoms with van der Waals surface area (Å²) >= 11 is 12.7. The molecule has 2 N–H and O–H groups in total. The van der Waals surface area contributed by atoms with E-state index < -0.39 is 0 Å². The third-order valence-corrected chi connectivity index (χ3v) is 7.50. The number of aryl methyl sites for hydroxylation is 2. The Morgan fingerprint density at radius 1 is 0.737 bits per heavy atom. The summed E-state index contributed by atoms with van der Waals surface area (Å²) in [5.74, 6) is 0.113. The van der Waals surface area contributed by atoms with Crippen molar-refractivity contribution in [3.63, 3.8) is 0 Å². The molecule has 2 aromatic heterocycles. The molecule has 2 aromatic carbocycles. The fraction of sp³-hybridized carbons (Fsp3) is 0.286. The molecule has 2 atom stereocenters. The second-order valence-corrected chi connectivity index (χ2v) is 10.1. The minimum Gasteiger partial charge on any atom is -0.360 e. The Kier molecular flexibility index (Phi) is 7.53. The molecule has 38 heavy (non-hydrogen) atoms. The minimum atomic E-state index is -0.331. The van der Waals surface area contributed by atoms with Crippen LogP contribution in [-0.2, 0) is 0 Å². The highest BCUT2D eigenvalue weighted by molar-refractivity contribution is 6.33. The van der Waals surface area contributed by atoms with Gasteiger partial charge in [0.2, 0.25) is 0 Å². The molecule has 0 spiro atoms. The Morgan fingerprint density at radius 2 is 1.13 bits per heavy atom. The van der Waals surface area contributed by atoms with Crippen LogP contribution in [-0.4, -0.2) is 34.2 Å². The summed E-state index contributed by atoms with van der Waals surface area (Å²) in [5, 5.41) is 15.3. The van der Waals surface area contributed by atoms with Crippen molar-refractivity contribution in [2.45, 2.75) is 51.6 Å². The third-order valence-electron chi connectivity index (χ3n) is 6.84. The maximum atomic E-state index is 13.5. The molecule has 0 unspecified atom stereocenters. The highest BCUT2D eigenvalue weighted by Crippen LogP contribution is 2.33. The second-order valence-electron chi connectivity index (χ2n) is 9.33. The number of nitrogens with one attached hydrogen (secondary N) is 2. The van der Waals surface area contributed by atoms with E-state index in [9.17, 15) is 9.59 Å². The summed E-state index contributed by atoms with van der Waals surface area (Å²) in [5.41, 5.74) is 2.63. The van der Waals surface area contributed by atoms with Crippen molar-refractivity contribution in [1.29, 1.82) is 0 Å². The number of halogens is 2. The van der Waals surface area contributed by atoms with Gasteiger partial charge in [0.25, 0.3) is 11.8 Å². The van der Waals surface area contributed by atoms with Crippen LogP contribution in [0, 0.1) is 13.8 Å². The first-order valence-corrected chi connectivity index (χ1v) is 13.1. The summed E-state index contributed by atoms with van der Waals surface area (Å²) in [7, 11) is 0. The average Bonchev–Trinajstić information content (AvgIpc) is 3.48. The van der Waals surface area contributed by atoms with E-state index in [0.29, 0.717) is 68.0 Å². The largest absolute Gasteiger partial charge is 0.360 e. The zero-order chi connectivity index (χ0) is 26.8. The number of hydrogen-bond donors (Lipinski definition) is 2. The predicted octanol–water partition coefficient (Wildman–Crippen LogP) is 6.39. The van der Waals surface area contributed by atoms with Gasteiger partial charge in [0.05, 0.1) is 10.0 Å². The zero-order valence-corrected chi connectivity index (χ0v) is 22.4. The monoisotopic (exact) mass is 552 g/mol. The summed E-state index contributed by atoms with van der Waals surface area (Å²) in [6.07, 6.45) is 3.27. The number of amides is 2. The molecule has 2 amide bonds. The SMILES string of the molecule is Cc1onc(-c2ccccc2Cl)c1C(=O)N[C@H]1CCCC[C@H]1NC(=O)c1c(-c2ccccc2Cl)noc1C. The highest BCUT2D eigenvalue weighted by atomic mass is 35.5. The molecular weight excluding hydrogens is 527 g/mol. The van der Waals surface area contributed by atoms with Crippen molar-refractivity contribution < 1.29 is 18.6 Å². The van der Waals surface area contributed by atoms with Gasteiger partial charge in [0, 0.05) is 23.2 Å². The van der Waals surface area contributed by atoms with Gasteiger partial charge in [-0.05, 0) is 38.8 Å². The first-order chi connectivity index (χ1) is 18.3. The van der Waals surface area contributed by atoms with E-state index in [1.807, 2.05) is 24.3 Å². The minimum absolute atomic E-state index is 0.294. The molecule has 1 saturated carbocycles. The lowest BCUT2D eigenvalue weighted by atomic mass is 9.89. The van der Waals surface area contributed by atoms with Crippen LogP contribution in [0.3, 0.4) is 0 Å². The molecular formula is C28H26Cl2N4O4. The summed E-state index contributed by atoms with van der Waals surface area (Å²) in [6, 6.07) is 13.7. The van der Waals surface area contributed by atoms with Crippen molar-refractivity contribution in [1.82, 2.24) is 20.9 Å². The first-order valence-electron chi connectivity index (χ1n) is 12.4. The number of aromatic nitrogens is 2. The van der Waals surface area contributed by atoms with Gasteiger partial charge in [-0.25, -0.2) is 0 Å². The normalized spacial score (nSPS) is 17.3. The molecule has 0 saturated heterocycles. The molecule has 0 aliphatic heterocycles. The molecule has 1 aliphatic rings. The van der Waals surface area contributed by atoms with E-state index in [-0.39, 0.29) is 23.9 Å². The van der Waals surface area contributed by atoms with Crippen molar-refractivity contribution in [2.75, 3.05) is 0 Å². The molecule has 4 aromatic rings. The maximum Gasteiger partial charge on any atom is 0.257 e. The van der Waals surface area contributed by atoms with Crippen LogP contribution in [0.1, 0.15) is 57.9 Å². The zero-order valence-electron chi connectivity index (χ0n) is 20.9. The van der Waals surface area contributed by atoms with E-state index in [0.717, 1.165) is 12.8 Å². The summed E-state index contributed by atoms with van der Waals surface area (Å²) in [6.45, 7) is 3.38. The van der Waals surface area contributed by atoms with Crippen LogP contribution >= 0.6 is 23.2 Å². The number of benzene rings is 2. The summed E-state index contributed by atoms with van der Waals surface area (Å²) < 4.78 is 10.7. The lowest BCUT2D eigenvalue weighted by Gasteiger charge is -2.32. The topological polar surface area (TPSA) is 110 Å². The van der Waals surface area contributed by atoms with Crippen molar-refractivity contribution in [3.05, 3.63) is 81.2 Å². The van der Waals surface area contributed by atoms with Crippen molar-refractivity contribution in [2.24, 2.45) is 0 Å². The van der Waals surface area contributed by atoms with E-state index in [2.05, 4.69) is 20.9 Å². The van der Waals surface area contributed by atoms with Crippen LogP contribution in [0.2, 0.25) is 10.0 Å². The molecule has 5 rings (SSSR count). The van der Waals surface area contributed by atoms with Gasteiger partial charge in [-0.3, -0.25) is 9.59 Å². The van der Waals surface area contributed by atoms with Crippen LogP contribution < -0.4 is 10.6 Å². The van der Waals surface area contributed by atoms with Crippen LogP contribution in [0.4, 0.5) is 0 Å². The van der Waals surface area contributed by atoms with E-state index >= 15 is 0 Å². The fourth-order valence-electron chi connectivity index (χ4n) is 4.91. The van der Waals surface area contributed by atoms with Gasteiger partial charge in [-0.1, -0.05) is 82.8 Å². The lowest BCUT2D eigenvalue weighted by molar-refractivity contribution is 0.0861. The Balaban J connectivity index is 1.37. The van der Waals surface area contributed by atoms with Gasteiger partial charge in [0.1, 0.15) is 34.0 Å². The molecule has 196 valence electrons. The Bertz CT molecular complexity index is 1380. The highest BCUT2D eigenvalue weighted by Gasteiger charge is 2.33. The van der Waals surface area contributed by atoms with Gasteiger partial charge < -0.3 is 19.7 Å². The molecule has 0 bridgehead atoms. The van der Waals surface area contributed by atoms with E-state index in [4.69, 9.17) is 32.2 Å². The molecule has 1 fully saturated rings. The Morgan fingerprint density at radius 3 is 1.53 bits per heavy atom. The molecule has 2 heterocycles. The second kappa shape index (κ2) is 11.0. The van der Waals surface area contributed by atoms with Gasteiger partial charge in [0.15, 0.2) is 0 Å². The first kappa shape index (κ1) is 26.0. The van der Waals surface area contributed by atoms with Crippen LogP contribution in [0.5, 0.6) is 0 Å². The smallest absolute Gasteiger partial charge is 0.257 e. The quantitative estimate of drug-likeness (QED) is 0.286. The maximum absolute atomic E-state index is 13.5. The van der Waals surface area contributed by atoms with Gasteiger partial charge in [-0.15, -0.1) is 0 Å². The van der Waals surface area contributed by atoms with Crippen molar-refractivity contribution in [3.8, 4) is 22.5 Å². The number of nitrogens with zero attached hydrogens (tertiary/aromatic N) is 2. The van der Waals surface area contributed by atoms with E-state index in [1.54, 1.807) is 38.1 Å². The van der Waals surface area contributed by atoms with Crippen LogP contribution in [0.15, 0.2) is 57.6 Å². The molecule has 0 radical (unpaired) electrons. The molecule has 10 heteroatoms. The fourth-order valence-corrected chi connectivity index (χ4v) is 5.36. The third kappa shape index (κ3) is 5.06. The predicted molar refractivity (Wildman–Crippen MR) is 144 cm³/mol.